The van der Waals surface area contributed by atoms with Crippen LogP contribution in [-0.4, -0.2) is 24.8 Å². The Hall–Kier alpha value is -0.830. The molecule has 0 amide bonds. The van der Waals surface area contributed by atoms with Crippen molar-refractivity contribution < 1.29 is 14.6 Å². The molecular weight excluding hydrogens is 180 g/mol. The van der Waals surface area contributed by atoms with Crippen LogP contribution in [0.3, 0.4) is 0 Å². The number of aliphatic hydroxyl groups is 1. The van der Waals surface area contributed by atoms with Gasteiger partial charge in [0, 0.05) is 6.61 Å². The van der Waals surface area contributed by atoms with Gasteiger partial charge in [-0.15, -0.1) is 0 Å². The van der Waals surface area contributed by atoms with E-state index in [4.69, 9.17) is 9.84 Å². The van der Waals surface area contributed by atoms with Gasteiger partial charge in [-0.1, -0.05) is 11.6 Å². The van der Waals surface area contributed by atoms with Gasteiger partial charge in [0.1, 0.15) is 0 Å². The number of carbonyl (C=O) groups excluding carboxylic acids is 1. The van der Waals surface area contributed by atoms with E-state index in [-0.39, 0.29) is 18.5 Å². The summed E-state index contributed by atoms with van der Waals surface area (Å²) in [6.45, 7) is 0.0388. The molecule has 1 aliphatic carbocycles. The molecule has 0 saturated carbocycles. The quantitative estimate of drug-likeness (QED) is 0.552. The van der Waals surface area contributed by atoms with E-state index in [1.807, 2.05) is 0 Å². The minimum Gasteiger partial charge on any atom is -0.469 e. The van der Waals surface area contributed by atoms with Crippen molar-refractivity contribution in [1.82, 2.24) is 0 Å². The Labute approximate surface area is 84.8 Å². The molecule has 0 aromatic heterocycles. The smallest absolute Gasteiger partial charge is 0.312 e. The third-order valence-electron chi connectivity index (χ3n) is 2.68. The number of ether oxygens (including phenoxy) is 1. The van der Waals surface area contributed by atoms with E-state index in [0.717, 1.165) is 24.8 Å². The molecule has 1 atom stereocenters. The Morgan fingerprint density at radius 2 is 2.43 bits per heavy atom. The zero-order chi connectivity index (χ0) is 10.4. The molecule has 0 aromatic carbocycles. The number of aliphatic hydroxyl groups excluding tert-OH is 1. The second-order valence-electron chi connectivity index (χ2n) is 3.61. The molecule has 1 aliphatic rings. The summed E-state index contributed by atoms with van der Waals surface area (Å²) >= 11 is 0. The molecule has 0 spiro atoms. The summed E-state index contributed by atoms with van der Waals surface area (Å²) < 4.78 is 4.73. The second kappa shape index (κ2) is 5.81. The molecule has 0 fully saturated rings. The lowest BCUT2D eigenvalue weighted by molar-refractivity contribution is -0.144. The highest BCUT2D eigenvalue weighted by Crippen LogP contribution is 2.27. The van der Waals surface area contributed by atoms with Crippen molar-refractivity contribution in [3.05, 3.63) is 11.6 Å². The molecule has 0 bridgehead atoms. The van der Waals surface area contributed by atoms with Crippen LogP contribution >= 0.6 is 0 Å². The van der Waals surface area contributed by atoms with Crippen molar-refractivity contribution in [2.75, 3.05) is 13.7 Å². The van der Waals surface area contributed by atoms with Crippen molar-refractivity contribution in [3.8, 4) is 0 Å². The van der Waals surface area contributed by atoms with E-state index >= 15 is 0 Å². The largest absolute Gasteiger partial charge is 0.469 e. The van der Waals surface area contributed by atoms with Crippen LogP contribution in [0.5, 0.6) is 0 Å². The molecule has 0 aromatic rings. The van der Waals surface area contributed by atoms with Gasteiger partial charge in [-0.25, -0.2) is 0 Å². The van der Waals surface area contributed by atoms with Crippen LogP contribution in [0.15, 0.2) is 11.6 Å². The van der Waals surface area contributed by atoms with E-state index < -0.39 is 0 Å². The van der Waals surface area contributed by atoms with Gasteiger partial charge in [-0.3, -0.25) is 4.79 Å². The lowest BCUT2D eigenvalue weighted by atomic mass is 9.87. The molecule has 0 saturated heterocycles. The van der Waals surface area contributed by atoms with Crippen molar-refractivity contribution in [1.29, 1.82) is 0 Å². The molecule has 0 heterocycles. The van der Waals surface area contributed by atoms with Crippen LogP contribution in [-0.2, 0) is 9.53 Å². The minimum absolute atomic E-state index is 0.0388. The summed E-state index contributed by atoms with van der Waals surface area (Å²) in [5.74, 6) is -0.433. The Morgan fingerprint density at radius 1 is 1.64 bits per heavy atom. The predicted octanol–water partition coefficient (Wildman–Crippen LogP) is 1.66. The number of hydrogen-bond acceptors (Lipinski definition) is 3. The second-order valence-corrected chi connectivity index (χ2v) is 3.61. The fraction of sp³-hybridized carbons (Fsp3) is 0.727. The Balaban J connectivity index is 2.65. The van der Waals surface area contributed by atoms with E-state index in [1.165, 1.54) is 13.5 Å². The molecule has 3 nitrogen and oxygen atoms in total. The topological polar surface area (TPSA) is 46.5 Å². The Bertz CT molecular complexity index is 221. The SMILES string of the molecule is COC(=O)C(CCO)C1=CCCCC1. The Morgan fingerprint density at radius 3 is 2.93 bits per heavy atom. The monoisotopic (exact) mass is 198 g/mol. The molecular formula is C11H18O3. The normalized spacial score (nSPS) is 18.6. The summed E-state index contributed by atoms with van der Waals surface area (Å²) in [5, 5.41) is 8.88. The lowest BCUT2D eigenvalue weighted by Gasteiger charge is -2.20. The van der Waals surface area contributed by atoms with Gasteiger partial charge in [0.25, 0.3) is 0 Å². The third kappa shape index (κ3) is 2.84. The van der Waals surface area contributed by atoms with Crippen LogP contribution in [0.1, 0.15) is 32.1 Å². The maximum absolute atomic E-state index is 11.4. The first kappa shape index (κ1) is 11.2. The van der Waals surface area contributed by atoms with Crippen molar-refractivity contribution in [2.24, 2.45) is 5.92 Å². The minimum atomic E-state index is -0.217. The maximum atomic E-state index is 11.4. The summed E-state index contributed by atoms with van der Waals surface area (Å²) in [4.78, 5) is 11.4. The molecule has 1 rings (SSSR count). The van der Waals surface area contributed by atoms with Gasteiger partial charge >= 0.3 is 5.97 Å². The summed E-state index contributed by atoms with van der Waals surface area (Å²) in [6, 6.07) is 0. The zero-order valence-corrected chi connectivity index (χ0v) is 8.66. The maximum Gasteiger partial charge on any atom is 0.312 e. The van der Waals surface area contributed by atoms with Crippen molar-refractivity contribution >= 4 is 5.97 Å². The zero-order valence-electron chi connectivity index (χ0n) is 8.66. The van der Waals surface area contributed by atoms with Gasteiger partial charge in [-0.2, -0.15) is 0 Å². The van der Waals surface area contributed by atoms with Gasteiger partial charge in [-0.05, 0) is 32.1 Å². The standard InChI is InChI=1S/C11H18O3/c1-14-11(13)10(7-8-12)9-5-3-2-4-6-9/h5,10,12H,2-4,6-8H2,1H3. The van der Waals surface area contributed by atoms with Crippen LogP contribution < -0.4 is 0 Å². The van der Waals surface area contributed by atoms with E-state index in [1.54, 1.807) is 0 Å². The van der Waals surface area contributed by atoms with Crippen LogP contribution in [0.25, 0.3) is 0 Å². The van der Waals surface area contributed by atoms with Crippen LogP contribution in [0.4, 0.5) is 0 Å². The fourth-order valence-electron chi connectivity index (χ4n) is 1.91. The third-order valence-corrected chi connectivity index (χ3v) is 2.68. The number of allylic oxidation sites excluding steroid dienone is 1. The highest BCUT2D eigenvalue weighted by Gasteiger charge is 2.23. The van der Waals surface area contributed by atoms with Gasteiger partial charge in [0.2, 0.25) is 0 Å². The van der Waals surface area contributed by atoms with Gasteiger partial charge in [0.15, 0.2) is 0 Å². The molecule has 0 radical (unpaired) electrons. The van der Waals surface area contributed by atoms with Crippen molar-refractivity contribution in [2.45, 2.75) is 32.1 Å². The molecule has 0 aliphatic heterocycles. The molecule has 1 N–H and O–H groups in total. The molecule has 80 valence electrons. The van der Waals surface area contributed by atoms with Crippen molar-refractivity contribution in [3.63, 3.8) is 0 Å². The highest BCUT2D eigenvalue weighted by molar-refractivity contribution is 5.75. The highest BCUT2D eigenvalue weighted by atomic mass is 16.5. The number of hydrogen-bond donors (Lipinski definition) is 1. The summed E-state index contributed by atoms with van der Waals surface area (Å²) in [7, 11) is 1.40. The first-order chi connectivity index (χ1) is 6.79. The van der Waals surface area contributed by atoms with Crippen LogP contribution in [0, 0.1) is 5.92 Å². The van der Waals surface area contributed by atoms with E-state index in [0.29, 0.717) is 6.42 Å². The lowest BCUT2D eigenvalue weighted by Crippen LogP contribution is -2.20. The average molecular weight is 198 g/mol. The average Bonchev–Trinajstić information content (AvgIpc) is 2.26. The van der Waals surface area contributed by atoms with Gasteiger partial charge in [0.05, 0.1) is 13.0 Å². The summed E-state index contributed by atoms with van der Waals surface area (Å²) in [5.41, 5.74) is 1.15. The molecule has 1 unspecified atom stereocenters. The number of carbonyl (C=O) groups is 1. The number of rotatable bonds is 4. The first-order valence-corrected chi connectivity index (χ1v) is 5.17. The summed E-state index contributed by atoms with van der Waals surface area (Å²) in [6.07, 6.45) is 6.98. The predicted molar refractivity (Wildman–Crippen MR) is 53.8 cm³/mol. The number of methoxy groups -OCH3 is 1. The first-order valence-electron chi connectivity index (χ1n) is 5.17. The molecule has 14 heavy (non-hydrogen) atoms. The van der Waals surface area contributed by atoms with Gasteiger partial charge < -0.3 is 9.84 Å². The van der Waals surface area contributed by atoms with E-state index in [9.17, 15) is 4.79 Å². The van der Waals surface area contributed by atoms with Crippen LogP contribution in [0.2, 0.25) is 0 Å². The number of esters is 1. The Kier molecular flexibility index (Phi) is 4.66. The fourth-order valence-corrected chi connectivity index (χ4v) is 1.91. The van der Waals surface area contributed by atoms with E-state index in [2.05, 4.69) is 6.08 Å². The molecule has 3 heteroatoms.